The van der Waals surface area contributed by atoms with Gasteiger partial charge in [0.25, 0.3) is 0 Å². The summed E-state index contributed by atoms with van der Waals surface area (Å²) in [5, 5.41) is 0. The summed E-state index contributed by atoms with van der Waals surface area (Å²) in [6.45, 7) is 5.59. The van der Waals surface area contributed by atoms with Crippen molar-refractivity contribution in [1.82, 2.24) is 0 Å². The monoisotopic (exact) mass is 190 g/mol. The normalized spacial score (nSPS) is 14.8. The van der Waals surface area contributed by atoms with Crippen LogP contribution in [0.25, 0.3) is 0 Å². The molecule has 0 aliphatic heterocycles. The first-order valence-corrected chi connectivity index (χ1v) is 3.64. The van der Waals surface area contributed by atoms with E-state index in [-0.39, 0.29) is 0 Å². The van der Waals surface area contributed by atoms with Crippen molar-refractivity contribution in [3.8, 4) is 0 Å². The van der Waals surface area contributed by atoms with Crippen LogP contribution in [0.4, 0.5) is 0 Å². The molecule has 0 radical (unpaired) electrons. The molecule has 0 aliphatic rings. The third kappa shape index (κ3) is 4.28. The maximum absolute atomic E-state index is 4.92. The molecule has 0 N–H and O–H groups in total. The summed E-state index contributed by atoms with van der Waals surface area (Å²) in [7, 11) is 1.63. The van der Waals surface area contributed by atoms with Crippen molar-refractivity contribution in [1.29, 1.82) is 0 Å². The summed E-state index contributed by atoms with van der Waals surface area (Å²) in [5.41, 5.74) is 0. The molecule has 2 heteroatoms. The van der Waals surface area contributed by atoms with Crippen molar-refractivity contribution in [3.63, 3.8) is 0 Å². The minimum absolute atomic E-state index is 0.338. The van der Waals surface area contributed by atoms with E-state index in [1.54, 1.807) is 13.2 Å². The van der Waals surface area contributed by atoms with Gasteiger partial charge in [-0.05, 0) is 19.1 Å². The Morgan fingerprint density at radius 1 is 1.78 bits per heavy atom. The van der Waals surface area contributed by atoms with Crippen LogP contribution in [0.15, 0.2) is 24.5 Å². The first kappa shape index (κ1) is 8.76. The van der Waals surface area contributed by atoms with Gasteiger partial charge in [0.15, 0.2) is 0 Å². The van der Waals surface area contributed by atoms with E-state index in [2.05, 4.69) is 22.5 Å². The third-order valence-electron chi connectivity index (χ3n) is 0.831. The molecule has 1 atom stereocenters. The topological polar surface area (TPSA) is 9.23 Å². The van der Waals surface area contributed by atoms with Gasteiger partial charge in [0.2, 0.25) is 0 Å². The van der Waals surface area contributed by atoms with E-state index < -0.39 is 0 Å². The van der Waals surface area contributed by atoms with Gasteiger partial charge in [0, 0.05) is 4.83 Å². The van der Waals surface area contributed by atoms with Gasteiger partial charge in [-0.3, -0.25) is 0 Å². The van der Waals surface area contributed by atoms with Gasteiger partial charge < -0.3 is 4.74 Å². The summed E-state index contributed by atoms with van der Waals surface area (Å²) in [5.74, 6) is 0.805. The molecule has 0 amide bonds. The molecule has 0 saturated carbocycles. The Kier molecular flexibility index (Phi) is 4.50. The lowest BCUT2D eigenvalue weighted by Gasteiger charge is -1.99. The van der Waals surface area contributed by atoms with E-state index >= 15 is 0 Å². The summed E-state index contributed by atoms with van der Waals surface area (Å²) in [6, 6.07) is 0. The summed E-state index contributed by atoms with van der Waals surface area (Å²) >= 11 is 3.35. The molecule has 9 heavy (non-hydrogen) atoms. The highest BCUT2D eigenvalue weighted by molar-refractivity contribution is 9.09. The molecular weight excluding hydrogens is 180 g/mol. The van der Waals surface area contributed by atoms with Crippen LogP contribution >= 0.6 is 15.9 Å². The Morgan fingerprint density at radius 3 is 2.44 bits per heavy atom. The lowest BCUT2D eigenvalue weighted by atomic mass is 10.4. The fourth-order valence-electron chi connectivity index (χ4n) is 0.446. The number of halogens is 1. The Morgan fingerprint density at radius 2 is 2.33 bits per heavy atom. The lowest BCUT2D eigenvalue weighted by Crippen LogP contribution is -1.87. The van der Waals surface area contributed by atoms with E-state index in [0.717, 1.165) is 5.76 Å². The van der Waals surface area contributed by atoms with Crippen molar-refractivity contribution in [2.45, 2.75) is 11.8 Å². The maximum atomic E-state index is 4.92. The Hall–Kier alpha value is -0.240. The number of alkyl halides is 1. The van der Waals surface area contributed by atoms with Gasteiger partial charge in [0.05, 0.1) is 7.11 Å². The Bertz CT molecular complexity index is 116. The van der Waals surface area contributed by atoms with Gasteiger partial charge in [-0.25, -0.2) is 0 Å². The second-order valence-electron chi connectivity index (χ2n) is 1.65. The summed E-state index contributed by atoms with van der Waals surface area (Å²) in [4.78, 5) is 0.338. The summed E-state index contributed by atoms with van der Waals surface area (Å²) < 4.78 is 4.92. The van der Waals surface area contributed by atoms with Gasteiger partial charge in [-0.2, -0.15) is 0 Å². The first-order valence-electron chi connectivity index (χ1n) is 2.73. The van der Waals surface area contributed by atoms with E-state index in [9.17, 15) is 0 Å². The molecule has 0 aromatic rings. The number of methoxy groups -OCH3 is 1. The highest BCUT2D eigenvalue weighted by Crippen LogP contribution is 2.04. The van der Waals surface area contributed by atoms with Crippen LogP contribution in [-0.2, 0) is 4.74 Å². The third-order valence-corrected chi connectivity index (χ3v) is 1.10. The fraction of sp³-hybridized carbons (Fsp3) is 0.429. The first-order chi connectivity index (χ1) is 4.20. The van der Waals surface area contributed by atoms with Crippen molar-refractivity contribution in [3.05, 3.63) is 24.5 Å². The van der Waals surface area contributed by atoms with Crippen molar-refractivity contribution >= 4 is 15.9 Å². The fourth-order valence-corrected chi connectivity index (χ4v) is 0.706. The van der Waals surface area contributed by atoms with Crippen LogP contribution in [0.1, 0.15) is 6.92 Å². The lowest BCUT2D eigenvalue weighted by molar-refractivity contribution is 0.306. The van der Waals surface area contributed by atoms with Crippen LogP contribution in [0.2, 0.25) is 0 Å². The molecule has 0 spiro atoms. The Balaban J connectivity index is 3.90. The minimum atomic E-state index is 0.338. The van der Waals surface area contributed by atoms with Crippen molar-refractivity contribution in [2.75, 3.05) is 7.11 Å². The molecule has 0 aromatic heterocycles. The maximum Gasteiger partial charge on any atom is 0.115 e. The average Bonchev–Trinajstić information content (AvgIpc) is 1.82. The summed E-state index contributed by atoms with van der Waals surface area (Å²) in [6.07, 6.45) is 3.62. The quantitative estimate of drug-likeness (QED) is 0.378. The molecule has 0 fully saturated rings. The van der Waals surface area contributed by atoms with Crippen LogP contribution in [0.5, 0.6) is 0 Å². The van der Waals surface area contributed by atoms with Crippen molar-refractivity contribution in [2.24, 2.45) is 0 Å². The van der Waals surface area contributed by atoms with Crippen LogP contribution in [0.3, 0.4) is 0 Å². The molecule has 1 nitrogen and oxygen atoms in total. The molecular formula is C7H11BrO. The molecule has 52 valence electrons. The molecule has 0 rings (SSSR count). The highest BCUT2D eigenvalue weighted by atomic mass is 79.9. The van der Waals surface area contributed by atoms with Gasteiger partial charge >= 0.3 is 0 Å². The number of ether oxygens (including phenoxy) is 1. The standard InChI is InChI=1S/C7H11BrO/c1-4-7(9-3)5-6(2)8/h4-6H,1H2,2-3H3/b7-5+. The molecule has 0 aliphatic carbocycles. The number of allylic oxidation sites excluding steroid dienone is 2. The zero-order valence-corrected chi connectivity index (χ0v) is 7.31. The highest BCUT2D eigenvalue weighted by Gasteiger charge is 1.91. The number of rotatable bonds is 3. The SMILES string of the molecule is C=C/C(=C\C(C)Br)OC. The number of hydrogen-bond donors (Lipinski definition) is 0. The average molecular weight is 191 g/mol. The predicted octanol–water partition coefficient (Wildman–Crippen LogP) is 2.49. The Labute approximate surface area is 64.5 Å². The zero-order valence-electron chi connectivity index (χ0n) is 5.73. The molecule has 0 aromatic carbocycles. The van der Waals surface area contributed by atoms with Crippen LogP contribution in [0, 0.1) is 0 Å². The van der Waals surface area contributed by atoms with Gasteiger partial charge in [-0.1, -0.05) is 22.5 Å². The second kappa shape index (κ2) is 4.62. The minimum Gasteiger partial charge on any atom is -0.497 e. The smallest absolute Gasteiger partial charge is 0.115 e. The van der Waals surface area contributed by atoms with Crippen molar-refractivity contribution < 1.29 is 4.74 Å². The van der Waals surface area contributed by atoms with Gasteiger partial charge in [-0.15, -0.1) is 0 Å². The predicted molar refractivity (Wildman–Crippen MR) is 43.7 cm³/mol. The largest absolute Gasteiger partial charge is 0.497 e. The molecule has 0 saturated heterocycles. The van der Waals surface area contributed by atoms with Gasteiger partial charge in [0.1, 0.15) is 5.76 Å². The van der Waals surface area contributed by atoms with Crippen LogP contribution in [-0.4, -0.2) is 11.9 Å². The van der Waals surface area contributed by atoms with E-state index in [1.807, 2.05) is 13.0 Å². The van der Waals surface area contributed by atoms with E-state index in [4.69, 9.17) is 4.74 Å². The molecule has 0 bridgehead atoms. The molecule has 1 unspecified atom stereocenters. The molecule has 0 heterocycles. The second-order valence-corrected chi connectivity index (χ2v) is 3.10. The van der Waals surface area contributed by atoms with Crippen LogP contribution < -0.4 is 0 Å². The zero-order chi connectivity index (χ0) is 7.28. The van der Waals surface area contributed by atoms with E-state index in [1.165, 1.54) is 0 Å². The van der Waals surface area contributed by atoms with E-state index in [0.29, 0.717) is 4.83 Å². The number of hydrogen-bond acceptors (Lipinski definition) is 1.